The third-order valence-electron chi connectivity index (χ3n) is 24.9. The van der Waals surface area contributed by atoms with E-state index in [1.165, 1.54) is 101 Å². The second kappa shape index (κ2) is 28.9. The van der Waals surface area contributed by atoms with E-state index in [0.717, 1.165) is 87.2 Å². The molecule has 2 aromatic heterocycles. The van der Waals surface area contributed by atoms with Gasteiger partial charge in [0, 0.05) is 107 Å². The van der Waals surface area contributed by atoms with Gasteiger partial charge in [0.1, 0.15) is 17.8 Å². The molecule has 0 saturated heterocycles. The zero-order valence-electron chi connectivity index (χ0n) is 68.0. The summed E-state index contributed by atoms with van der Waals surface area (Å²) in [5.41, 5.74) is 34.1. The molecule has 4 aliphatic heterocycles. The molecule has 6 aliphatic rings. The molecule has 0 spiro atoms. The maximum atomic E-state index is 7.51. The summed E-state index contributed by atoms with van der Waals surface area (Å²) in [5, 5.41) is 0. The number of aryl methyl sites for hydroxylation is 2. The number of nitrogens with zero attached hydrogens (tertiary/aromatic N) is 6. The molecule has 115 heavy (non-hydrogen) atoms. The molecule has 12 aromatic carbocycles. The Morgan fingerprint density at radius 1 is 0.339 bits per heavy atom. The van der Waals surface area contributed by atoms with Crippen molar-refractivity contribution in [1.82, 2.24) is 0 Å². The van der Waals surface area contributed by atoms with Crippen LogP contribution in [0.1, 0.15) is 152 Å². The Balaban J connectivity index is 0.000000153. The van der Waals surface area contributed by atoms with Gasteiger partial charge in [-0.25, -0.2) is 0 Å². The van der Waals surface area contributed by atoms with E-state index in [0.29, 0.717) is 0 Å². The molecule has 0 unspecified atom stereocenters. The van der Waals surface area contributed by atoms with Crippen molar-refractivity contribution in [1.29, 1.82) is 0 Å². The highest BCUT2D eigenvalue weighted by Gasteiger charge is 2.56. The lowest BCUT2D eigenvalue weighted by molar-refractivity contribution is 0.351. The largest absolute Gasteiger partial charge is 0.472 e. The third-order valence-corrected chi connectivity index (χ3v) is 24.9. The Morgan fingerprint density at radius 3 is 1.26 bits per heavy atom. The molecular formula is C102H95B2I3N6O2. The second-order valence-electron chi connectivity index (χ2n) is 35.6. The van der Waals surface area contributed by atoms with Crippen molar-refractivity contribution in [3.63, 3.8) is 0 Å². The molecule has 14 aromatic rings. The summed E-state index contributed by atoms with van der Waals surface area (Å²) in [7, 11) is 0. The Morgan fingerprint density at radius 2 is 0.739 bits per heavy atom. The van der Waals surface area contributed by atoms with E-state index in [-0.39, 0.29) is 39.2 Å². The normalized spacial score (nSPS) is 16.3. The first-order chi connectivity index (χ1) is 55.1. The van der Waals surface area contributed by atoms with Gasteiger partial charge in [0.25, 0.3) is 6.71 Å². The molecule has 6 heterocycles. The SMILES string of the molecule is Cc1cc(N(c2ccccc2)c2ccc3c(c2)C(C)(C)c2ccccc2N3c2ccccc2)cc(N(c2ccccc2)c2coc3c2C(C)(C)CC3(C)C)c1.Cc1cc2c3c(c1)N(c1ccccc1)c1c(oc4c1C(C)(C)CC4(C)C)B3c1cc3c(cc1N2c1ccccc1)C(C)(C)c1ccccc1N3c1ccccc1.IB(I)I. The van der Waals surface area contributed by atoms with Gasteiger partial charge in [0.2, 0.25) is 0 Å². The molecular weight excluding hydrogens is 1740 g/mol. The van der Waals surface area contributed by atoms with Gasteiger partial charge in [-0.15, -0.1) is 67.1 Å². The van der Waals surface area contributed by atoms with Crippen LogP contribution in [-0.4, -0.2) is 6.99 Å². The van der Waals surface area contributed by atoms with Crippen molar-refractivity contribution in [2.24, 2.45) is 0 Å². The minimum absolute atomic E-state index is 0.0425. The first-order valence-corrected chi connectivity index (χ1v) is 44.0. The van der Waals surface area contributed by atoms with Crippen molar-refractivity contribution in [2.75, 3.05) is 29.4 Å². The number of hydrogen-bond donors (Lipinski definition) is 0. The van der Waals surface area contributed by atoms with E-state index in [2.05, 4.69) is 485 Å². The maximum Gasteiger partial charge on any atom is 0.355 e. The smallest absolute Gasteiger partial charge is 0.355 e. The highest BCUT2D eigenvalue weighted by Crippen LogP contribution is 2.61. The van der Waals surface area contributed by atoms with E-state index in [1.807, 2.05) is 6.26 Å². The lowest BCUT2D eigenvalue weighted by Crippen LogP contribution is -2.61. The van der Waals surface area contributed by atoms with Crippen LogP contribution in [0.3, 0.4) is 0 Å². The summed E-state index contributed by atoms with van der Waals surface area (Å²) in [6.07, 6.45) is 4.05. The highest BCUT2D eigenvalue weighted by atomic mass is 127. The van der Waals surface area contributed by atoms with Crippen molar-refractivity contribution in [3.05, 3.63) is 353 Å². The lowest BCUT2D eigenvalue weighted by Gasteiger charge is -2.46. The Hall–Kier alpha value is -9.68. The van der Waals surface area contributed by atoms with E-state index in [4.69, 9.17) is 8.83 Å². The minimum atomic E-state index is -0.256. The number of para-hydroxylation sites is 8. The van der Waals surface area contributed by atoms with Gasteiger partial charge >= 0.3 is 0.282 Å². The number of benzene rings is 12. The van der Waals surface area contributed by atoms with Crippen LogP contribution >= 0.6 is 67.1 Å². The van der Waals surface area contributed by atoms with Crippen LogP contribution in [-0.2, 0) is 32.5 Å². The van der Waals surface area contributed by atoms with Crippen molar-refractivity contribution in [3.8, 4) is 0 Å². The zero-order valence-corrected chi connectivity index (χ0v) is 74.5. The fourth-order valence-electron chi connectivity index (χ4n) is 20.7. The predicted molar refractivity (Wildman–Crippen MR) is 513 cm³/mol. The van der Waals surface area contributed by atoms with Crippen LogP contribution in [0, 0.1) is 13.8 Å². The molecule has 0 bridgehead atoms. The molecule has 13 heteroatoms. The molecule has 0 radical (unpaired) electrons. The number of anilines is 18. The summed E-state index contributed by atoms with van der Waals surface area (Å²) in [6.45, 7) is 32.7. The molecule has 8 nitrogen and oxygen atoms in total. The van der Waals surface area contributed by atoms with Gasteiger partial charge in [-0.3, -0.25) is 0 Å². The third kappa shape index (κ3) is 13.0. The van der Waals surface area contributed by atoms with E-state index in [9.17, 15) is 0 Å². The molecule has 20 rings (SSSR count). The first-order valence-electron chi connectivity index (χ1n) is 40.2. The summed E-state index contributed by atoms with van der Waals surface area (Å²) < 4.78 is 14.8. The Bertz CT molecular complexity index is 6060. The predicted octanol–water partition coefficient (Wildman–Crippen LogP) is 28.6. The van der Waals surface area contributed by atoms with Gasteiger partial charge in [0.05, 0.1) is 34.1 Å². The van der Waals surface area contributed by atoms with Gasteiger partial charge < -0.3 is 38.2 Å². The number of halogens is 3. The summed E-state index contributed by atoms with van der Waals surface area (Å²) in [5.74, 6) is 2.22. The van der Waals surface area contributed by atoms with Crippen LogP contribution < -0.4 is 46.0 Å². The van der Waals surface area contributed by atoms with Crippen molar-refractivity contribution >= 4 is 193 Å². The quantitative estimate of drug-likeness (QED) is 0.0992. The number of hydrogen-bond acceptors (Lipinski definition) is 8. The number of fused-ring (bicyclic) bond motifs is 11. The van der Waals surface area contributed by atoms with Gasteiger partial charge in [-0.2, -0.15) is 0 Å². The molecule has 0 fully saturated rings. The van der Waals surface area contributed by atoms with Crippen LogP contribution in [0.25, 0.3) is 0 Å². The van der Waals surface area contributed by atoms with Crippen molar-refractivity contribution in [2.45, 2.75) is 142 Å². The molecule has 572 valence electrons. The van der Waals surface area contributed by atoms with Crippen molar-refractivity contribution < 1.29 is 8.83 Å². The lowest BCUT2D eigenvalue weighted by atomic mass is 9.35. The standard InChI is InChI=1S/C51H46BN3O.C51H49N3O.BI3/c1-32-27-42-45-43(28-32)55(35-23-15-10-16-24-35)46-44-47(50(4,5)31-49(44,2)3)56-48(46)52(45)38-30-40-37(29-41(38)54(42)34-21-13-9-14-22-34)51(6,7)36-25-17-18-26-39(36)53(40)33-19-11-8-12-20-33;1-35-29-40(31-41(30-35)53(37-21-13-9-14-22-37)46-33-55-48-47(46)49(2,3)34-50(48,4)5)52(36-19-11-8-12-20-36)39-27-28-45-43(32-39)51(6,7)42-25-17-18-26-44(42)54(45)38-23-15-10-16-24-38;2-1(3)4/h8-30H,31H2,1-7H3;8-33H,34H2,1-7H3;. The summed E-state index contributed by atoms with van der Waals surface area (Å²) >= 11 is 6.95. The fourth-order valence-corrected chi connectivity index (χ4v) is 20.7. The number of furan rings is 2. The van der Waals surface area contributed by atoms with E-state index >= 15 is 0 Å². The van der Waals surface area contributed by atoms with Gasteiger partial charge in [0.15, 0.2) is 0 Å². The molecule has 0 saturated carbocycles. The van der Waals surface area contributed by atoms with Crippen LogP contribution in [0.15, 0.2) is 306 Å². The topological polar surface area (TPSA) is 45.7 Å². The van der Waals surface area contributed by atoms with Gasteiger partial charge in [-0.1, -0.05) is 229 Å². The van der Waals surface area contributed by atoms with Crippen LogP contribution in [0.2, 0.25) is 0 Å². The van der Waals surface area contributed by atoms with Gasteiger partial charge in [-0.05, 0) is 227 Å². The second-order valence-corrected chi connectivity index (χ2v) is 46.5. The van der Waals surface area contributed by atoms with E-state index < -0.39 is 0 Å². The highest BCUT2D eigenvalue weighted by molar-refractivity contribution is 14.4. The zero-order chi connectivity index (χ0) is 80.0. The summed E-state index contributed by atoms with van der Waals surface area (Å²) in [6, 6.07) is 107. The number of rotatable bonds is 10. The minimum Gasteiger partial charge on any atom is -0.472 e. The first kappa shape index (κ1) is 76.6. The monoisotopic (exact) mass is 1840 g/mol. The molecule has 0 atom stereocenters. The molecule has 0 amide bonds. The average molecular weight is 1840 g/mol. The molecule has 0 N–H and O–H groups in total. The van der Waals surface area contributed by atoms with E-state index in [1.54, 1.807) is 0 Å². The fraction of sp³-hybridized carbons (Fsp3) is 0.216. The molecule has 2 aliphatic carbocycles. The average Bonchev–Trinajstić information content (AvgIpc) is 1.63. The maximum absolute atomic E-state index is 7.51. The van der Waals surface area contributed by atoms with Crippen LogP contribution in [0.5, 0.6) is 0 Å². The summed E-state index contributed by atoms with van der Waals surface area (Å²) in [4.78, 5) is 14.8. The Kier molecular flexibility index (Phi) is 19.2. The van der Waals surface area contributed by atoms with Crippen LogP contribution in [0.4, 0.5) is 102 Å². The Labute approximate surface area is 720 Å².